The summed E-state index contributed by atoms with van der Waals surface area (Å²) in [6.45, 7) is 3.31. The molecule has 0 rings (SSSR count). The van der Waals surface area contributed by atoms with E-state index in [1.54, 1.807) is 0 Å². The van der Waals surface area contributed by atoms with E-state index in [9.17, 15) is 4.79 Å². The van der Waals surface area contributed by atoms with Gasteiger partial charge in [0.1, 0.15) is 6.04 Å². The first kappa shape index (κ1) is 15.4. The standard InChI is InChI=1S/C12H26N2O2/c1-2-3-4-7-10-16-12(15)11(14)8-5-6-9-13/h11H,2-10,13-14H2,1H3/t11-/m0/s1. The second-order valence-corrected chi connectivity index (χ2v) is 4.12. The average molecular weight is 230 g/mol. The van der Waals surface area contributed by atoms with Crippen molar-refractivity contribution in [3.05, 3.63) is 0 Å². The van der Waals surface area contributed by atoms with E-state index in [-0.39, 0.29) is 5.97 Å². The summed E-state index contributed by atoms with van der Waals surface area (Å²) in [6.07, 6.45) is 6.92. The van der Waals surface area contributed by atoms with Crippen molar-refractivity contribution in [2.24, 2.45) is 11.5 Å². The third-order valence-electron chi connectivity index (χ3n) is 2.51. The van der Waals surface area contributed by atoms with Crippen molar-refractivity contribution in [2.75, 3.05) is 13.2 Å². The lowest BCUT2D eigenvalue weighted by atomic mass is 10.1. The zero-order chi connectivity index (χ0) is 12.2. The molecule has 0 aromatic rings. The highest BCUT2D eigenvalue weighted by Gasteiger charge is 2.13. The number of esters is 1. The highest BCUT2D eigenvalue weighted by Crippen LogP contribution is 2.02. The van der Waals surface area contributed by atoms with E-state index in [0.717, 1.165) is 25.7 Å². The topological polar surface area (TPSA) is 78.3 Å². The molecule has 0 radical (unpaired) electrons. The first-order chi connectivity index (χ1) is 7.72. The Morgan fingerprint density at radius 1 is 1.19 bits per heavy atom. The predicted octanol–water partition coefficient (Wildman–Crippen LogP) is 1.57. The molecule has 4 nitrogen and oxygen atoms in total. The van der Waals surface area contributed by atoms with Crippen molar-refractivity contribution < 1.29 is 9.53 Å². The van der Waals surface area contributed by atoms with Crippen molar-refractivity contribution in [1.29, 1.82) is 0 Å². The Labute approximate surface area is 98.7 Å². The van der Waals surface area contributed by atoms with Crippen LogP contribution in [-0.4, -0.2) is 25.2 Å². The number of hydrogen-bond donors (Lipinski definition) is 2. The van der Waals surface area contributed by atoms with E-state index in [4.69, 9.17) is 16.2 Å². The van der Waals surface area contributed by atoms with Gasteiger partial charge in [0.15, 0.2) is 0 Å². The lowest BCUT2D eigenvalue weighted by molar-refractivity contribution is -0.145. The van der Waals surface area contributed by atoms with Gasteiger partial charge < -0.3 is 16.2 Å². The molecule has 0 aliphatic rings. The van der Waals surface area contributed by atoms with Crippen LogP contribution < -0.4 is 11.5 Å². The summed E-state index contributed by atoms with van der Waals surface area (Å²) in [5.41, 5.74) is 11.0. The Morgan fingerprint density at radius 3 is 2.56 bits per heavy atom. The fraction of sp³-hybridized carbons (Fsp3) is 0.917. The van der Waals surface area contributed by atoms with Crippen LogP contribution in [0.4, 0.5) is 0 Å². The molecule has 0 aromatic heterocycles. The molecule has 0 spiro atoms. The Bertz CT molecular complexity index is 174. The minimum Gasteiger partial charge on any atom is -0.465 e. The second-order valence-electron chi connectivity index (χ2n) is 4.12. The van der Waals surface area contributed by atoms with E-state index in [1.165, 1.54) is 12.8 Å². The highest BCUT2D eigenvalue weighted by molar-refractivity contribution is 5.75. The number of rotatable bonds is 10. The Hall–Kier alpha value is -0.610. The van der Waals surface area contributed by atoms with Crippen LogP contribution in [0.1, 0.15) is 51.9 Å². The van der Waals surface area contributed by atoms with Gasteiger partial charge in [0.25, 0.3) is 0 Å². The van der Waals surface area contributed by atoms with E-state index in [1.807, 2.05) is 0 Å². The van der Waals surface area contributed by atoms with Crippen LogP contribution in [0.3, 0.4) is 0 Å². The fourth-order valence-corrected chi connectivity index (χ4v) is 1.44. The van der Waals surface area contributed by atoms with Gasteiger partial charge in [-0.1, -0.05) is 32.6 Å². The van der Waals surface area contributed by atoms with Crippen LogP contribution in [0.2, 0.25) is 0 Å². The van der Waals surface area contributed by atoms with E-state index < -0.39 is 6.04 Å². The summed E-state index contributed by atoms with van der Waals surface area (Å²) < 4.78 is 5.09. The van der Waals surface area contributed by atoms with E-state index in [2.05, 4.69) is 6.92 Å². The number of carbonyl (C=O) groups is 1. The maximum Gasteiger partial charge on any atom is 0.322 e. The predicted molar refractivity (Wildman–Crippen MR) is 66.0 cm³/mol. The average Bonchev–Trinajstić information content (AvgIpc) is 2.28. The SMILES string of the molecule is CCCCCCOC(=O)[C@@H](N)CCCCN. The van der Waals surface area contributed by atoms with Gasteiger partial charge in [-0.15, -0.1) is 0 Å². The van der Waals surface area contributed by atoms with E-state index in [0.29, 0.717) is 19.6 Å². The highest BCUT2D eigenvalue weighted by atomic mass is 16.5. The van der Waals surface area contributed by atoms with Gasteiger partial charge >= 0.3 is 5.97 Å². The number of nitrogens with two attached hydrogens (primary N) is 2. The monoisotopic (exact) mass is 230 g/mol. The molecular weight excluding hydrogens is 204 g/mol. The molecule has 4 N–H and O–H groups in total. The molecule has 0 aromatic carbocycles. The lowest BCUT2D eigenvalue weighted by Gasteiger charge is -2.10. The Balaban J connectivity index is 3.40. The summed E-state index contributed by atoms with van der Waals surface area (Å²) in [7, 11) is 0. The van der Waals surface area contributed by atoms with Crippen molar-refractivity contribution >= 4 is 5.97 Å². The Kier molecular flexibility index (Phi) is 10.5. The lowest BCUT2D eigenvalue weighted by Crippen LogP contribution is -2.32. The first-order valence-corrected chi connectivity index (χ1v) is 6.34. The molecule has 0 amide bonds. The van der Waals surface area contributed by atoms with Crippen LogP contribution in [0.15, 0.2) is 0 Å². The van der Waals surface area contributed by atoms with E-state index >= 15 is 0 Å². The second kappa shape index (κ2) is 10.9. The summed E-state index contributed by atoms with van der Waals surface area (Å²) in [4.78, 5) is 11.4. The number of ether oxygens (including phenoxy) is 1. The molecule has 0 bridgehead atoms. The van der Waals surface area contributed by atoms with Crippen LogP contribution in [0.5, 0.6) is 0 Å². The minimum absolute atomic E-state index is 0.270. The minimum atomic E-state index is -0.474. The summed E-state index contributed by atoms with van der Waals surface area (Å²) in [6, 6.07) is -0.474. The van der Waals surface area contributed by atoms with Crippen LogP contribution in [-0.2, 0) is 9.53 Å². The molecule has 96 valence electrons. The van der Waals surface area contributed by atoms with Crippen molar-refractivity contribution in [3.8, 4) is 0 Å². The Morgan fingerprint density at radius 2 is 1.94 bits per heavy atom. The van der Waals surface area contributed by atoms with Crippen molar-refractivity contribution in [3.63, 3.8) is 0 Å². The largest absolute Gasteiger partial charge is 0.465 e. The fourth-order valence-electron chi connectivity index (χ4n) is 1.44. The number of unbranched alkanes of at least 4 members (excludes halogenated alkanes) is 4. The molecule has 1 atom stereocenters. The summed E-state index contributed by atoms with van der Waals surface area (Å²) >= 11 is 0. The zero-order valence-electron chi connectivity index (χ0n) is 10.4. The molecule has 0 fully saturated rings. The zero-order valence-corrected chi connectivity index (χ0v) is 10.4. The summed E-state index contributed by atoms with van der Waals surface area (Å²) in [5.74, 6) is -0.270. The van der Waals surface area contributed by atoms with Crippen LogP contribution >= 0.6 is 0 Å². The molecule has 0 aliphatic heterocycles. The van der Waals surface area contributed by atoms with Crippen LogP contribution in [0.25, 0.3) is 0 Å². The molecule has 0 saturated carbocycles. The van der Waals surface area contributed by atoms with Crippen molar-refractivity contribution in [1.82, 2.24) is 0 Å². The van der Waals surface area contributed by atoms with Gasteiger partial charge in [-0.05, 0) is 25.8 Å². The number of carbonyl (C=O) groups excluding carboxylic acids is 1. The molecule has 0 aliphatic carbocycles. The molecule has 4 heteroatoms. The number of hydrogen-bond acceptors (Lipinski definition) is 4. The molecule has 0 unspecified atom stereocenters. The van der Waals surface area contributed by atoms with Gasteiger partial charge in [-0.2, -0.15) is 0 Å². The van der Waals surface area contributed by atoms with Gasteiger partial charge in [-0.25, -0.2) is 0 Å². The van der Waals surface area contributed by atoms with Gasteiger partial charge in [0.05, 0.1) is 6.61 Å². The molecule has 0 heterocycles. The first-order valence-electron chi connectivity index (χ1n) is 6.34. The maximum absolute atomic E-state index is 11.4. The molecule has 0 saturated heterocycles. The molecule has 16 heavy (non-hydrogen) atoms. The normalized spacial score (nSPS) is 12.4. The maximum atomic E-state index is 11.4. The smallest absolute Gasteiger partial charge is 0.322 e. The van der Waals surface area contributed by atoms with Gasteiger partial charge in [-0.3, -0.25) is 4.79 Å². The molecular formula is C12H26N2O2. The third kappa shape index (κ3) is 8.68. The van der Waals surface area contributed by atoms with Gasteiger partial charge in [0, 0.05) is 0 Å². The quantitative estimate of drug-likeness (QED) is 0.441. The van der Waals surface area contributed by atoms with Gasteiger partial charge in [0.2, 0.25) is 0 Å². The summed E-state index contributed by atoms with van der Waals surface area (Å²) in [5, 5.41) is 0. The van der Waals surface area contributed by atoms with Crippen LogP contribution in [0, 0.1) is 0 Å². The third-order valence-corrected chi connectivity index (χ3v) is 2.51. The van der Waals surface area contributed by atoms with Crippen molar-refractivity contribution in [2.45, 2.75) is 57.9 Å².